The van der Waals surface area contributed by atoms with E-state index in [0.717, 1.165) is 36.6 Å². The van der Waals surface area contributed by atoms with Gasteiger partial charge in [-0.05, 0) is 55.2 Å². The second-order valence-corrected chi connectivity index (χ2v) is 4.94. The molecule has 0 saturated heterocycles. The minimum atomic E-state index is 0.422. The fraction of sp³-hybridized carbons (Fsp3) is 0.333. The molecule has 1 aliphatic rings. The molecule has 3 heteroatoms. The maximum absolute atomic E-state index is 5.81. The second kappa shape index (κ2) is 4.50. The van der Waals surface area contributed by atoms with E-state index in [1.165, 1.54) is 11.1 Å². The highest BCUT2D eigenvalue weighted by molar-refractivity contribution is 5.47. The maximum atomic E-state index is 5.81. The normalized spacial score (nSPS) is 17.9. The molecule has 1 aromatic heterocycles. The summed E-state index contributed by atoms with van der Waals surface area (Å²) in [6.07, 6.45) is 2.24. The summed E-state index contributed by atoms with van der Waals surface area (Å²) in [5, 5.41) is 3.55. The van der Waals surface area contributed by atoms with Gasteiger partial charge in [0.2, 0.25) is 0 Å². The Bertz CT molecular complexity index is 559. The Balaban J connectivity index is 1.69. The van der Waals surface area contributed by atoms with Gasteiger partial charge < -0.3 is 15.5 Å². The molecule has 1 atom stereocenters. The van der Waals surface area contributed by atoms with Crippen LogP contribution >= 0.6 is 0 Å². The molecule has 94 valence electrons. The molecule has 0 aliphatic heterocycles. The van der Waals surface area contributed by atoms with Crippen LogP contribution < -0.4 is 11.1 Å². The molecule has 0 spiro atoms. The third kappa shape index (κ3) is 2.14. The molecule has 1 aliphatic carbocycles. The number of hydrogen-bond acceptors (Lipinski definition) is 3. The number of anilines is 1. The van der Waals surface area contributed by atoms with E-state index in [9.17, 15) is 0 Å². The van der Waals surface area contributed by atoms with Crippen LogP contribution in [-0.2, 0) is 13.0 Å². The number of nitrogens with one attached hydrogen (secondary N) is 1. The van der Waals surface area contributed by atoms with Crippen molar-refractivity contribution in [3.8, 4) is 0 Å². The lowest BCUT2D eigenvalue weighted by molar-refractivity contribution is 0.434. The first-order valence-corrected chi connectivity index (χ1v) is 6.39. The van der Waals surface area contributed by atoms with Crippen LogP contribution in [0.4, 0.5) is 5.69 Å². The molecule has 2 aromatic rings. The van der Waals surface area contributed by atoms with Gasteiger partial charge in [0.05, 0.1) is 6.54 Å². The Morgan fingerprint density at radius 2 is 2.22 bits per heavy atom. The molecule has 0 fully saturated rings. The van der Waals surface area contributed by atoms with Gasteiger partial charge in [-0.25, -0.2) is 0 Å². The first-order valence-electron chi connectivity index (χ1n) is 6.39. The summed E-state index contributed by atoms with van der Waals surface area (Å²) in [6, 6.07) is 10.7. The molecule has 0 bridgehead atoms. The van der Waals surface area contributed by atoms with Crippen molar-refractivity contribution in [2.24, 2.45) is 0 Å². The molecule has 0 amide bonds. The number of nitrogens with two attached hydrogens (primary N) is 1. The number of nitrogen functional groups attached to an aromatic ring is 1. The van der Waals surface area contributed by atoms with Crippen LogP contribution in [0.25, 0.3) is 0 Å². The van der Waals surface area contributed by atoms with Gasteiger partial charge >= 0.3 is 0 Å². The zero-order valence-electron chi connectivity index (χ0n) is 10.6. The van der Waals surface area contributed by atoms with Gasteiger partial charge in [-0.3, -0.25) is 0 Å². The van der Waals surface area contributed by atoms with Crippen molar-refractivity contribution in [3.05, 3.63) is 53.0 Å². The van der Waals surface area contributed by atoms with Crippen LogP contribution in [0.1, 0.15) is 35.1 Å². The highest BCUT2D eigenvalue weighted by atomic mass is 16.3. The summed E-state index contributed by atoms with van der Waals surface area (Å²) in [7, 11) is 0. The highest BCUT2D eigenvalue weighted by Gasteiger charge is 2.22. The van der Waals surface area contributed by atoms with E-state index < -0.39 is 0 Å². The van der Waals surface area contributed by atoms with Crippen LogP contribution in [-0.4, -0.2) is 0 Å². The van der Waals surface area contributed by atoms with Gasteiger partial charge in [-0.1, -0.05) is 6.07 Å². The van der Waals surface area contributed by atoms with E-state index in [1.54, 1.807) is 0 Å². The van der Waals surface area contributed by atoms with Crippen molar-refractivity contribution in [3.63, 3.8) is 0 Å². The number of furan rings is 1. The van der Waals surface area contributed by atoms with Gasteiger partial charge in [0, 0.05) is 11.7 Å². The number of hydrogen-bond donors (Lipinski definition) is 2. The topological polar surface area (TPSA) is 51.2 Å². The minimum absolute atomic E-state index is 0.422. The van der Waals surface area contributed by atoms with Gasteiger partial charge in [0.1, 0.15) is 11.5 Å². The lowest BCUT2D eigenvalue weighted by Gasteiger charge is -2.13. The van der Waals surface area contributed by atoms with Crippen LogP contribution in [0, 0.1) is 6.92 Å². The van der Waals surface area contributed by atoms with Gasteiger partial charge in [-0.15, -0.1) is 0 Å². The molecule has 0 saturated carbocycles. The number of aryl methyl sites for hydroxylation is 2. The molecule has 1 heterocycles. The van der Waals surface area contributed by atoms with E-state index in [-0.39, 0.29) is 0 Å². The van der Waals surface area contributed by atoms with Gasteiger partial charge in [0.25, 0.3) is 0 Å². The average molecular weight is 242 g/mol. The predicted molar refractivity (Wildman–Crippen MR) is 72.2 cm³/mol. The van der Waals surface area contributed by atoms with E-state index in [2.05, 4.69) is 17.4 Å². The Labute approximate surface area is 107 Å². The Kier molecular flexibility index (Phi) is 2.84. The molecule has 1 aromatic carbocycles. The minimum Gasteiger partial charge on any atom is -0.465 e. The van der Waals surface area contributed by atoms with Gasteiger partial charge in [0.15, 0.2) is 0 Å². The molecule has 1 unspecified atom stereocenters. The molecule has 18 heavy (non-hydrogen) atoms. The van der Waals surface area contributed by atoms with Crippen LogP contribution in [0.3, 0.4) is 0 Å². The molecule has 3 N–H and O–H groups in total. The van der Waals surface area contributed by atoms with E-state index in [0.29, 0.717) is 6.04 Å². The number of fused-ring (bicyclic) bond motifs is 1. The summed E-state index contributed by atoms with van der Waals surface area (Å²) in [4.78, 5) is 0. The van der Waals surface area contributed by atoms with Crippen molar-refractivity contribution in [1.29, 1.82) is 0 Å². The van der Waals surface area contributed by atoms with Crippen LogP contribution in [0.2, 0.25) is 0 Å². The third-order valence-corrected chi connectivity index (χ3v) is 3.56. The van der Waals surface area contributed by atoms with Crippen molar-refractivity contribution in [2.45, 2.75) is 32.4 Å². The molecule has 3 nitrogen and oxygen atoms in total. The summed E-state index contributed by atoms with van der Waals surface area (Å²) < 4.78 is 5.57. The first-order chi connectivity index (χ1) is 8.72. The molecular weight excluding hydrogens is 224 g/mol. The largest absolute Gasteiger partial charge is 0.465 e. The van der Waals surface area contributed by atoms with Gasteiger partial charge in [-0.2, -0.15) is 0 Å². The van der Waals surface area contributed by atoms with Crippen molar-refractivity contribution < 1.29 is 4.42 Å². The second-order valence-electron chi connectivity index (χ2n) is 4.94. The lowest BCUT2D eigenvalue weighted by atomic mass is 10.1. The SMILES string of the molecule is Cc1ccc(CNC2CCc3cc(N)ccc32)o1. The summed E-state index contributed by atoms with van der Waals surface area (Å²) >= 11 is 0. The standard InChI is InChI=1S/C15H18N2O/c1-10-2-5-13(18-10)9-17-15-7-3-11-8-12(16)4-6-14(11)15/h2,4-6,8,15,17H,3,7,9,16H2,1H3. The lowest BCUT2D eigenvalue weighted by Crippen LogP contribution is -2.18. The van der Waals surface area contributed by atoms with Crippen LogP contribution in [0.15, 0.2) is 34.7 Å². The summed E-state index contributed by atoms with van der Waals surface area (Å²) in [5.41, 5.74) is 9.43. The fourth-order valence-electron chi connectivity index (χ4n) is 2.65. The smallest absolute Gasteiger partial charge is 0.117 e. The van der Waals surface area contributed by atoms with Crippen LogP contribution in [0.5, 0.6) is 0 Å². The highest BCUT2D eigenvalue weighted by Crippen LogP contribution is 2.32. The Morgan fingerprint density at radius 3 is 3.00 bits per heavy atom. The third-order valence-electron chi connectivity index (χ3n) is 3.56. The summed E-state index contributed by atoms with van der Waals surface area (Å²) in [6.45, 7) is 2.75. The van der Waals surface area contributed by atoms with E-state index in [1.807, 2.05) is 25.1 Å². The Morgan fingerprint density at radius 1 is 1.33 bits per heavy atom. The number of benzene rings is 1. The predicted octanol–water partition coefficient (Wildman–Crippen LogP) is 2.95. The Hall–Kier alpha value is -1.74. The molecule has 3 rings (SSSR count). The van der Waals surface area contributed by atoms with E-state index >= 15 is 0 Å². The van der Waals surface area contributed by atoms with Crippen molar-refractivity contribution >= 4 is 5.69 Å². The fourth-order valence-corrected chi connectivity index (χ4v) is 2.65. The maximum Gasteiger partial charge on any atom is 0.117 e. The zero-order chi connectivity index (χ0) is 12.5. The first kappa shape index (κ1) is 11.4. The van der Waals surface area contributed by atoms with Crippen molar-refractivity contribution in [2.75, 3.05) is 5.73 Å². The van der Waals surface area contributed by atoms with Crippen molar-refractivity contribution in [1.82, 2.24) is 5.32 Å². The quantitative estimate of drug-likeness (QED) is 0.814. The average Bonchev–Trinajstić information content (AvgIpc) is 2.92. The molecule has 0 radical (unpaired) electrons. The number of rotatable bonds is 3. The zero-order valence-corrected chi connectivity index (χ0v) is 10.6. The summed E-state index contributed by atoms with van der Waals surface area (Å²) in [5.74, 6) is 1.96. The monoisotopic (exact) mass is 242 g/mol. The van der Waals surface area contributed by atoms with E-state index in [4.69, 9.17) is 10.2 Å². The molecular formula is C15H18N2O.